The third-order valence-electron chi connectivity index (χ3n) is 7.69. The maximum Gasteiger partial charge on any atom is 0.415 e. The van der Waals surface area contributed by atoms with E-state index < -0.39 is 41.7 Å². The molecule has 2 aliphatic rings. The minimum atomic E-state index is -0.983. The Morgan fingerprint density at radius 1 is 1.00 bits per heavy atom. The predicted octanol–water partition coefficient (Wildman–Crippen LogP) is 4.31. The molecule has 0 aromatic heterocycles. The van der Waals surface area contributed by atoms with Gasteiger partial charge in [0.15, 0.2) is 0 Å². The minimum Gasteiger partial charge on any atom is -0.481 e. The summed E-state index contributed by atoms with van der Waals surface area (Å²) in [6, 6.07) is 12.7. The average Bonchev–Trinajstić information content (AvgIpc) is 3.29. The van der Waals surface area contributed by atoms with Crippen LogP contribution in [0.25, 0.3) is 0 Å². The molecule has 4 rings (SSSR count). The predicted molar refractivity (Wildman–Crippen MR) is 151 cm³/mol. The Labute approximate surface area is 235 Å². The molecule has 3 amide bonds. The quantitative estimate of drug-likeness (QED) is 0.532. The largest absolute Gasteiger partial charge is 0.481 e. The van der Waals surface area contributed by atoms with E-state index in [1.54, 1.807) is 37.8 Å². The molecule has 2 N–H and O–H groups in total. The lowest BCUT2D eigenvalue weighted by atomic mass is 9.90. The van der Waals surface area contributed by atoms with Crippen LogP contribution in [0.3, 0.4) is 0 Å². The number of aliphatic carboxylic acids is 1. The van der Waals surface area contributed by atoms with Gasteiger partial charge in [-0.1, -0.05) is 62.7 Å². The second-order valence-corrected chi connectivity index (χ2v) is 11.8. The number of hydrogen-bond donors (Lipinski definition) is 2. The van der Waals surface area contributed by atoms with E-state index in [1.807, 2.05) is 50.2 Å². The highest BCUT2D eigenvalue weighted by atomic mass is 16.6. The van der Waals surface area contributed by atoms with Crippen LogP contribution < -0.4 is 10.2 Å². The van der Waals surface area contributed by atoms with Gasteiger partial charge in [-0.25, -0.2) is 4.79 Å². The standard InChI is InChI=1S/C31H39N3O6/c1-6-19(2)27(29(38)33-18-22-13-8-7-11-20(22)15-23(33)17-26(35)36)32-28(37)25-16-21-12-9-10-14-24(21)34(25)30(39)40-31(3,4)5/h7-14,19,23,25,27H,6,15-18H2,1-5H3,(H,32,37)(H,35,36)/t19-,23+,25+,27-/m0/s1. The lowest BCUT2D eigenvalue weighted by Crippen LogP contribution is -2.59. The molecule has 0 aliphatic carbocycles. The van der Waals surface area contributed by atoms with E-state index in [1.165, 1.54) is 4.90 Å². The second kappa shape index (κ2) is 11.7. The summed E-state index contributed by atoms with van der Waals surface area (Å²) in [6.07, 6.45) is 0.524. The SMILES string of the molecule is CC[C@H](C)[C@H](NC(=O)[C@H]1Cc2ccccc2N1C(=O)OC(C)(C)C)C(=O)N1Cc2ccccc2C[C@@H]1CC(=O)O. The van der Waals surface area contributed by atoms with Crippen molar-refractivity contribution in [3.05, 3.63) is 65.2 Å². The van der Waals surface area contributed by atoms with E-state index in [9.17, 15) is 24.3 Å². The first-order valence-electron chi connectivity index (χ1n) is 13.9. The number of benzene rings is 2. The first-order chi connectivity index (χ1) is 18.9. The van der Waals surface area contributed by atoms with E-state index in [2.05, 4.69) is 5.32 Å². The molecule has 4 atom stereocenters. The summed E-state index contributed by atoms with van der Waals surface area (Å²) in [6.45, 7) is 9.41. The van der Waals surface area contributed by atoms with Crippen LogP contribution in [-0.2, 0) is 38.5 Å². The molecular formula is C31H39N3O6. The molecular weight excluding hydrogens is 510 g/mol. The van der Waals surface area contributed by atoms with Crippen LogP contribution in [0.5, 0.6) is 0 Å². The highest BCUT2D eigenvalue weighted by molar-refractivity contribution is 6.02. The molecule has 0 radical (unpaired) electrons. The van der Waals surface area contributed by atoms with Gasteiger partial charge in [0.25, 0.3) is 0 Å². The molecule has 2 heterocycles. The Bertz CT molecular complexity index is 1290. The highest BCUT2D eigenvalue weighted by Crippen LogP contribution is 2.34. The summed E-state index contributed by atoms with van der Waals surface area (Å²) < 4.78 is 5.64. The number of fused-ring (bicyclic) bond motifs is 2. The topological polar surface area (TPSA) is 116 Å². The number of para-hydroxylation sites is 1. The third-order valence-corrected chi connectivity index (χ3v) is 7.69. The van der Waals surface area contributed by atoms with E-state index in [4.69, 9.17) is 4.74 Å². The number of carboxylic acids is 1. The van der Waals surface area contributed by atoms with Crippen molar-refractivity contribution in [1.29, 1.82) is 0 Å². The van der Waals surface area contributed by atoms with Gasteiger partial charge in [0, 0.05) is 19.0 Å². The van der Waals surface area contributed by atoms with Crippen LogP contribution in [0.4, 0.5) is 10.5 Å². The monoisotopic (exact) mass is 549 g/mol. The van der Waals surface area contributed by atoms with Crippen molar-refractivity contribution in [2.45, 2.75) is 90.6 Å². The number of carboxylic acid groups (broad SMARTS) is 1. The molecule has 0 saturated carbocycles. The smallest absolute Gasteiger partial charge is 0.415 e. The summed E-state index contributed by atoms with van der Waals surface area (Å²) >= 11 is 0. The van der Waals surface area contributed by atoms with Gasteiger partial charge in [0.05, 0.1) is 12.1 Å². The Morgan fingerprint density at radius 2 is 1.62 bits per heavy atom. The molecule has 2 aromatic carbocycles. The molecule has 0 bridgehead atoms. The van der Waals surface area contributed by atoms with Crippen molar-refractivity contribution in [2.24, 2.45) is 5.92 Å². The number of ether oxygens (including phenoxy) is 1. The van der Waals surface area contributed by atoms with Crippen LogP contribution in [0.15, 0.2) is 48.5 Å². The van der Waals surface area contributed by atoms with Crippen LogP contribution in [0.1, 0.15) is 64.2 Å². The summed E-state index contributed by atoms with van der Waals surface area (Å²) in [4.78, 5) is 55.9. The molecule has 9 nitrogen and oxygen atoms in total. The molecule has 40 heavy (non-hydrogen) atoms. The van der Waals surface area contributed by atoms with E-state index in [0.29, 0.717) is 24.9 Å². The summed E-state index contributed by atoms with van der Waals surface area (Å²) in [5, 5.41) is 12.5. The first kappa shape index (κ1) is 29.1. The first-order valence-corrected chi connectivity index (χ1v) is 13.9. The Kier molecular flexibility index (Phi) is 8.51. The van der Waals surface area contributed by atoms with Crippen LogP contribution in [0, 0.1) is 5.92 Å². The fraction of sp³-hybridized carbons (Fsp3) is 0.484. The number of carbonyl (C=O) groups excluding carboxylic acids is 3. The number of rotatable bonds is 7. The summed E-state index contributed by atoms with van der Waals surface area (Å²) in [5.41, 5.74) is 2.69. The molecule has 214 valence electrons. The highest BCUT2D eigenvalue weighted by Gasteiger charge is 2.43. The molecule has 0 unspecified atom stereocenters. The zero-order chi connectivity index (χ0) is 29.2. The number of hydrogen-bond acceptors (Lipinski definition) is 5. The van der Waals surface area contributed by atoms with Gasteiger partial charge < -0.3 is 20.1 Å². The molecule has 9 heteroatoms. The Hall–Kier alpha value is -3.88. The van der Waals surface area contributed by atoms with E-state index >= 15 is 0 Å². The van der Waals surface area contributed by atoms with Crippen LogP contribution >= 0.6 is 0 Å². The maximum atomic E-state index is 14.1. The lowest BCUT2D eigenvalue weighted by Gasteiger charge is -2.40. The van der Waals surface area contributed by atoms with Gasteiger partial charge in [-0.05, 0) is 55.9 Å². The Balaban J connectivity index is 1.61. The molecule has 2 aliphatic heterocycles. The Morgan fingerprint density at radius 3 is 2.25 bits per heavy atom. The van der Waals surface area contributed by atoms with Crippen molar-refractivity contribution < 1.29 is 29.0 Å². The fourth-order valence-corrected chi connectivity index (χ4v) is 5.47. The second-order valence-electron chi connectivity index (χ2n) is 11.8. The van der Waals surface area contributed by atoms with Crippen molar-refractivity contribution in [2.75, 3.05) is 4.90 Å². The van der Waals surface area contributed by atoms with Crippen molar-refractivity contribution >= 4 is 29.6 Å². The van der Waals surface area contributed by atoms with Crippen molar-refractivity contribution in [3.8, 4) is 0 Å². The summed E-state index contributed by atoms with van der Waals surface area (Å²) in [7, 11) is 0. The molecule has 0 saturated heterocycles. The normalized spacial score (nSPS) is 19.7. The number of amides is 3. The van der Waals surface area contributed by atoms with Gasteiger partial charge in [-0.2, -0.15) is 0 Å². The van der Waals surface area contributed by atoms with Gasteiger partial charge in [-0.15, -0.1) is 0 Å². The maximum absolute atomic E-state index is 14.1. The molecule has 0 spiro atoms. The van der Waals surface area contributed by atoms with Gasteiger partial charge in [-0.3, -0.25) is 19.3 Å². The van der Waals surface area contributed by atoms with Gasteiger partial charge in [0.2, 0.25) is 11.8 Å². The molecule has 0 fully saturated rings. The number of anilines is 1. The minimum absolute atomic E-state index is 0.189. The van der Waals surface area contributed by atoms with Crippen molar-refractivity contribution in [3.63, 3.8) is 0 Å². The average molecular weight is 550 g/mol. The van der Waals surface area contributed by atoms with E-state index in [-0.39, 0.29) is 24.8 Å². The van der Waals surface area contributed by atoms with Crippen molar-refractivity contribution in [1.82, 2.24) is 10.2 Å². The lowest BCUT2D eigenvalue weighted by molar-refractivity contribution is -0.145. The third kappa shape index (κ3) is 6.29. The summed E-state index contributed by atoms with van der Waals surface area (Å²) in [5.74, 6) is -1.98. The van der Waals surface area contributed by atoms with Crippen LogP contribution in [-0.4, -0.2) is 57.6 Å². The van der Waals surface area contributed by atoms with Gasteiger partial charge in [0.1, 0.15) is 17.7 Å². The van der Waals surface area contributed by atoms with E-state index in [0.717, 1.165) is 16.7 Å². The van der Waals surface area contributed by atoms with Gasteiger partial charge >= 0.3 is 12.1 Å². The number of nitrogens with one attached hydrogen (secondary N) is 1. The van der Waals surface area contributed by atoms with Crippen LogP contribution in [0.2, 0.25) is 0 Å². The number of nitrogens with zero attached hydrogens (tertiary/aromatic N) is 2. The zero-order valence-corrected chi connectivity index (χ0v) is 23.8. The number of carbonyl (C=O) groups is 4. The zero-order valence-electron chi connectivity index (χ0n) is 23.8. The molecule has 2 aromatic rings. The fourth-order valence-electron chi connectivity index (χ4n) is 5.47.